The molecule has 1 aromatic rings. The predicted octanol–water partition coefficient (Wildman–Crippen LogP) is 4.00. The highest BCUT2D eigenvalue weighted by molar-refractivity contribution is 5.42. The minimum atomic E-state index is 0.515. The summed E-state index contributed by atoms with van der Waals surface area (Å²) in [6, 6.07) is 5.95. The van der Waals surface area contributed by atoms with Crippen molar-refractivity contribution in [3.8, 4) is 5.75 Å². The van der Waals surface area contributed by atoms with E-state index < -0.39 is 0 Å². The van der Waals surface area contributed by atoms with Crippen LogP contribution in [0.3, 0.4) is 0 Å². The number of hydrogen-bond acceptors (Lipinski definition) is 1. The number of hydrogen-bond donors (Lipinski definition) is 1. The average molecular weight is 204 g/mol. The highest BCUT2D eigenvalue weighted by Gasteiger charge is 2.20. The van der Waals surface area contributed by atoms with Gasteiger partial charge in [0.2, 0.25) is 0 Å². The zero-order valence-corrected chi connectivity index (χ0v) is 9.50. The topological polar surface area (TPSA) is 20.2 Å². The molecule has 1 aliphatic rings. The second-order valence-electron chi connectivity index (χ2n) is 4.54. The summed E-state index contributed by atoms with van der Waals surface area (Å²) < 4.78 is 0. The molecule has 1 N–H and O–H groups in total. The van der Waals surface area contributed by atoms with Crippen LogP contribution in [0.4, 0.5) is 0 Å². The van der Waals surface area contributed by atoms with Gasteiger partial charge in [0.1, 0.15) is 5.75 Å². The largest absolute Gasteiger partial charge is 0.508 e. The Bertz CT molecular complexity index is 324. The lowest BCUT2D eigenvalue weighted by Gasteiger charge is -2.24. The van der Waals surface area contributed by atoms with Crippen molar-refractivity contribution in [3.05, 3.63) is 29.3 Å². The molecule has 1 aromatic carbocycles. The van der Waals surface area contributed by atoms with Gasteiger partial charge in [0.05, 0.1) is 0 Å². The van der Waals surface area contributed by atoms with Crippen LogP contribution in [0.1, 0.15) is 56.1 Å². The van der Waals surface area contributed by atoms with Crippen LogP contribution in [0.2, 0.25) is 0 Å². The molecular formula is C14H20O. The zero-order valence-electron chi connectivity index (χ0n) is 9.50. The van der Waals surface area contributed by atoms with Crippen LogP contribution in [0.25, 0.3) is 0 Å². The Hall–Kier alpha value is -0.980. The molecule has 1 saturated carbocycles. The van der Waals surface area contributed by atoms with Crippen LogP contribution in [-0.2, 0) is 6.42 Å². The van der Waals surface area contributed by atoms with Crippen molar-refractivity contribution >= 4 is 0 Å². The van der Waals surface area contributed by atoms with Crippen LogP contribution < -0.4 is 0 Å². The summed E-state index contributed by atoms with van der Waals surface area (Å²) in [5.74, 6) is 1.12. The molecule has 0 aromatic heterocycles. The van der Waals surface area contributed by atoms with E-state index in [0.29, 0.717) is 11.7 Å². The van der Waals surface area contributed by atoms with Gasteiger partial charge in [-0.2, -0.15) is 0 Å². The molecule has 1 nitrogen and oxygen atoms in total. The fourth-order valence-corrected chi connectivity index (χ4v) is 2.77. The first-order chi connectivity index (χ1) is 7.33. The lowest BCUT2D eigenvalue weighted by atomic mass is 9.81. The lowest BCUT2D eigenvalue weighted by molar-refractivity contribution is 0.412. The summed E-state index contributed by atoms with van der Waals surface area (Å²) in [5, 5.41) is 9.97. The third kappa shape index (κ3) is 2.17. The number of aryl methyl sites for hydroxylation is 1. The predicted molar refractivity (Wildman–Crippen MR) is 63.3 cm³/mol. The maximum atomic E-state index is 9.97. The SMILES string of the molecule is CCc1cccc(O)c1C1CCCCC1. The standard InChI is InChI=1S/C14H20O/c1-2-11-9-6-10-13(15)14(11)12-7-4-3-5-8-12/h6,9-10,12,15H,2-5,7-8H2,1H3. The summed E-state index contributed by atoms with van der Waals surface area (Å²) in [6.07, 6.45) is 7.55. The molecular weight excluding hydrogens is 184 g/mol. The fraction of sp³-hybridized carbons (Fsp3) is 0.571. The number of phenolic OH excluding ortho intramolecular Hbond substituents is 1. The van der Waals surface area contributed by atoms with E-state index in [0.717, 1.165) is 6.42 Å². The minimum Gasteiger partial charge on any atom is -0.508 e. The van der Waals surface area contributed by atoms with E-state index in [2.05, 4.69) is 13.0 Å². The van der Waals surface area contributed by atoms with Gasteiger partial charge in [-0.25, -0.2) is 0 Å². The lowest BCUT2D eigenvalue weighted by Crippen LogP contribution is -2.07. The third-order valence-electron chi connectivity index (χ3n) is 3.57. The van der Waals surface area contributed by atoms with Gasteiger partial charge in [-0.1, -0.05) is 38.3 Å². The van der Waals surface area contributed by atoms with E-state index >= 15 is 0 Å². The molecule has 82 valence electrons. The maximum Gasteiger partial charge on any atom is 0.119 e. The van der Waals surface area contributed by atoms with Crippen molar-refractivity contribution in [2.75, 3.05) is 0 Å². The summed E-state index contributed by atoms with van der Waals surface area (Å²) in [5.41, 5.74) is 2.57. The van der Waals surface area contributed by atoms with Crippen molar-refractivity contribution in [1.29, 1.82) is 0 Å². The quantitative estimate of drug-likeness (QED) is 0.772. The van der Waals surface area contributed by atoms with Crippen LogP contribution in [0.15, 0.2) is 18.2 Å². The third-order valence-corrected chi connectivity index (χ3v) is 3.57. The average Bonchev–Trinajstić information content (AvgIpc) is 2.29. The second kappa shape index (κ2) is 4.69. The van der Waals surface area contributed by atoms with Gasteiger partial charge in [0.15, 0.2) is 0 Å². The van der Waals surface area contributed by atoms with Gasteiger partial charge in [-0.05, 0) is 36.8 Å². The number of aromatic hydroxyl groups is 1. The molecule has 0 atom stereocenters. The van der Waals surface area contributed by atoms with E-state index in [9.17, 15) is 5.11 Å². The maximum absolute atomic E-state index is 9.97. The molecule has 0 bridgehead atoms. The van der Waals surface area contributed by atoms with Crippen LogP contribution in [-0.4, -0.2) is 5.11 Å². The normalized spacial score (nSPS) is 17.9. The van der Waals surface area contributed by atoms with Gasteiger partial charge in [-0.15, -0.1) is 0 Å². The molecule has 0 unspecified atom stereocenters. The fourth-order valence-electron chi connectivity index (χ4n) is 2.77. The van der Waals surface area contributed by atoms with Gasteiger partial charge < -0.3 is 5.11 Å². The second-order valence-corrected chi connectivity index (χ2v) is 4.54. The van der Waals surface area contributed by atoms with E-state index in [1.807, 2.05) is 12.1 Å². The molecule has 15 heavy (non-hydrogen) atoms. The number of benzene rings is 1. The molecule has 1 aliphatic carbocycles. The first-order valence-electron chi connectivity index (χ1n) is 6.13. The molecule has 1 fully saturated rings. The first kappa shape index (κ1) is 10.5. The highest BCUT2D eigenvalue weighted by Crippen LogP contribution is 2.39. The van der Waals surface area contributed by atoms with Gasteiger partial charge in [0, 0.05) is 5.56 Å². The van der Waals surface area contributed by atoms with Crippen molar-refractivity contribution < 1.29 is 5.11 Å². The highest BCUT2D eigenvalue weighted by atomic mass is 16.3. The van der Waals surface area contributed by atoms with Crippen molar-refractivity contribution in [3.63, 3.8) is 0 Å². The summed E-state index contributed by atoms with van der Waals surface area (Å²) in [7, 11) is 0. The Morgan fingerprint density at radius 1 is 1.20 bits per heavy atom. The Labute approximate surface area is 92.1 Å². The molecule has 0 radical (unpaired) electrons. The van der Waals surface area contributed by atoms with Crippen LogP contribution >= 0.6 is 0 Å². The summed E-state index contributed by atoms with van der Waals surface area (Å²) >= 11 is 0. The molecule has 0 spiro atoms. The monoisotopic (exact) mass is 204 g/mol. The zero-order chi connectivity index (χ0) is 10.7. The molecule has 0 aliphatic heterocycles. The minimum absolute atomic E-state index is 0.515. The number of phenols is 1. The van der Waals surface area contributed by atoms with Gasteiger partial charge in [0.25, 0.3) is 0 Å². The number of rotatable bonds is 2. The van der Waals surface area contributed by atoms with Gasteiger partial charge >= 0.3 is 0 Å². The molecule has 2 rings (SSSR count). The van der Waals surface area contributed by atoms with Crippen molar-refractivity contribution in [2.45, 2.75) is 51.4 Å². The van der Waals surface area contributed by atoms with E-state index in [1.54, 1.807) is 0 Å². The smallest absolute Gasteiger partial charge is 0.119 e. The summed E-state index contributed by atoms with van der Waals surface area (Å²) in [4.78, 5) is 0. The van der Waals surface area contributed by atoms with E-state index in [-0.39, 0.29) is 0 Å². The molecule has 0 amide bonds. The van der Waals surface area contributed by atoms with Crippen LogP contribution in [0, 0.1) is 0 Å². The van der Waals surface area contributed by atoms with Gasteiger partial charge in [-0.3, -0.25) is 0 Å². The Morgan fingerprint density at radius 3 is 2.60 bits per heavy atom. The Morgan fingerprint density at radius 2 is 1.93 bits per heavy atom. The van der Waals surface area contributed by atoms with Crippen molar-refractivity contribution in [2.24, 2.45) is 0 Å². The first-order valence-corrected chi connectivity index (χ1v) is 6.13. The molecule has 0 saturated heterocycles. The molecule has 0 heterocycles. The molecule has 1 heteroatoms. The van der Waals surface area contributed by atoms with Crippen molar-refractivity contribution in [1.82, 2.24) is 0 Å². The summed E-state index contributed by atoms with van der Waals surface area (Å²) in [6.45, 7) is 2.17. The Balaban J connectivity index is 2.31. The van der Waals surface area contributed by atoms with Crippen LogP contribution in [0.5, 0.6) is 5.75 Å². The Kier molecular flexibility index (Phi) is 3.30. The van der Waals surface area contributed by atoms with E-state index in [1.165, 1.54) is 43.2 Å². The van der Waals surface area contributed by atoms with E-state index in [4.69, 9.17) is 0 Å².